The lowest BCUT2D eigenvalue weighted by molar-refractivity contribution is 0.218. The van der Waals surface area contributed by atoms with Gasteiger partial charge in [0, 0.05) is 17.1 Å². The van der Waals surface area contributed by atoms with Crippen LogP contribution in [0, 0.1) is 6.92 Å². The summed E-state index contributed by atoms with van der Waals surface area (Å²) in [4.78, 5) is 4.52. The maximum absolute atomic E-state index is 5.90. The highest BCUT2D eigenvalue weighted by molar-refractivity contribution is 5.86. The zero-order valence-corrected chi connectivity index (χ0v) is 13.3. The molecule has 0 amide bonds. The summed E-state index contributed by atoms with van der Waals surface area (Å²) in [6.07, 6.45) is 0. The number of para-hydroxylation sites is 1. The van der Waals surface area contributed by atoms with Gasteiger partial charge in [-0.3, -0.25) is 4.98 Å². The van der Waals surface area contributed by atoms with Gasteiger partial charge in [-0.2, -0.15) is 0 Å². The van der Waals surface area contributed by atoms with Crippen LogP contribution >= 0.6 is 0 Å². The normalized spacial score (nSPS) is 10.5. The molecule has 23 heavy (non-hydrogen) atoms. The van der Waals surface area contributed by atoms with E-state index in [1.54, 1.807) is 7.11 Å². The fourth-order valence-electron chi connectivity index (χ4n) is 2.37. The smallest absolute Gasteiger partial charge is 0.130 e. The average Bonchev–Trinajstić information content (AvgIpc) is 2.59. The summed E-state index contributed by atoms with van der Waals surface area (Å²) in [7, 11) is 1.65. The molecular formula is C19H19NO3. The Balaban J connectivity index is 1.71. The number of aryl methyl sites for hydroxylation is 1. The highest BCUT2D eigenvalue weighted by Gasteiger charge is 2.07. The molecule has 3 aromatic rings. The molecule has 0 atom stereocenters. The number of ether oxygens (including phenoxy) is 3. The van der Waals surface area contributed by atoms with Crippen LogP contribution in [0.2, 0.25) is 0 Å². The van der Waals surface area contributed by atoms with E-state index < -0.39 is 0 Å². The lowest BCUT2D eigenvalue weighted by Gasteiger charge is -2.12. The molecule has 0 radical (unpaired) electrons. The minimum absolute atomic E-state index is 0.463. The zero-order valence-electron chi connectivity index (χ0n) is 13.3. The fraction of sp³-hybridized carbons (Fsp3) is 0.211. The summed E-state index contributed by atoms with van der Waals surface area (Å²) >= 11 is 0. The topological polar surface area (TPSA) is 40.6 Å². The van der Waals surface area contributed by atoms with E-state index in [2.05, 4.69) is 4.98 Å². The Labute approximate surface area is 135 Å². The predicted octanol–water partition coefficient (Wildman–Crippen LogP) is 4.01. The van der Waals surface area contributed by atoms with Gasteiger partial charge in [0.15, 0.2) is 0 Å². The maximum atomic E-state index is 5.90. The van der Waals surface area contributed by atoms with Crippen LogP contribution in [-0.2, 0) is 0 Å². The molecular weight excluding hydrogens is 290 g/mol. The highest BCUT2D eigenvalue weighted by atomic mass is 16.5. The van der Waals surface area contributed by atoms with Crippen LogP contribution in [0.15, 0.2) is 54.6 Å². The first kappa shape index (κ1) is 15.2. The largest absolute Gasteiger partial charge is 0.497 e. The summed E-state index contributed by atoms with van der Waals surface area (Å²) in [5.41, 5.74) is 1.81. The summed E-state index contributed by atoms with van der Waals surface area (Å²) < 4.78 is 16.8. The number of fused-ring (bicyclic) bond motifs is 1. The van der Waals surface area contributed by atoms with Crippen molar-refractivity contribution in [2.24, 2.45) is 0 Å². The third-order valence-corrected chi connectivity index (χ3v) is 3.46. The second kappa shape index (κ2) is 7.01. The molecule has 0 aliphatic carbocycles. The van der Waals surface area contributed by atoms with Gasteiger partial charge in [-0.25, -0.2) is 0 Å². The van der Waals surface area contributed by atoms with E-state index in [0.717, 1.165) is 33.8 Å². The van der Waals surface area contributed by atoms with Gasteiger partial charge in [-0.05, 0) is 37.3 Å². The molecule has 0 spiro atoms. The number of hydrogen-bond donors (Lipinski definition) is 0. The molecule has 1 heterocycles. The fourth-order valence-corrected chi connectivity index (χ4v) is 2.37. The van der Waals surface area contributed by atoms with Crippen molar-refractivity contribution in [1.82, 2.24) is 4.98 Å². The van der Waals surface area contributed by atoms with E-state index in [1.807, 2.05) is 61.5 Å². The lowest BCUT2D eigenvalue weighted by Crippen LogP contribution is -2.09. The van der Waals surface area contributed by atoms with Crippen molar-refractivity contribution in [2.45, 2.75) is 6.92 Å². The Hall–Kier alpha value is -2.75. The molecule has 4 nitrogen and oxygen atoms in total. The minimum atomic E-state index is 0.463. The molecule has 0 aliphatic heterocycles. The molecule has 1 aromatic heterocycles. The third kappa shape index (κ3) is 3.72. The molecule has 0 fully saturated rings. The van der Waals surface area contributed by atoms with Crippen LogP contribution < -0.4 is 14.2 Å². The summed E-state index contributed by atoms with van der Waals surface area (Å²) in [6.45, 7) is 2.90. The van der Waals surface area contributed by atoms with Crippen LogP contribution in [0.5, 0.6) is 17.2 Å². The Bertz CT molecular complexity index is 787. The number of aromatic nitrogens is 1. The average molecular weight is 309 g/mol. The van der Waals surface area contributed by atoms with E-state index in [-0.39, 0.29) is 0 Å². The Morgan fingerprint density at radius 1 is 0.870 bits per heavy atom. The number of benzene rings is 2. The van der Waals surface area contributed by atoms with Gasteiger partial charge in [0.05, 0.1) is 12.6 Å². The lowest BCUT2D eigenvalue weighted by atomic mass is 10.1. The SMILES string of the molecule is COc1ccc2nc(C)cc(OCCOc3ccccc3)c2c1. The predicted molar refractivity (Wildman–Crippen MR) is 90.5 cm³/mol. The zero-order chi connectivity index (χ0) is 16.1. The summed E-state index contributed by atoms with van der Waals surface area (Å²) in [5, 5.41) is 0.940. The van der Waals surface area contributed by atoms with Crippen LogP contribution in [0.3, 0.4) is 0 Å². The van der Waals surface area contributed by atoms with Crippen LogP contribution in [0.1, 0.15) is 5.69 Å². The molecule has 0 unspecified atom stereocenters. The molecule has 3 rings (SSSR count). The van der Waals surface area contributed by atoms with Gasteiger partial charge in [0.1, 0.15) is 30.5 Å². The van der Waals surface area contributed by atoms with Crippen molar-refractivity contribution in [3.05, 3.63) is 60.3 Å². The summed E-state index contributed by atoms with van der Waals surface area (Å²) in [6, 6.07) is 17.4. The van der Waals surface area contributed by atoms with Crippen molar-refractivity contribution in [3.8, 4) is 17.2 Å². The molecule has 0 bridgehead atoms. The van der Waals surface area contributed by atoms with Crippen molar-refractivity contribution in [2.75, 3.05) is 20.3 Å². The second-order valence-electron chi connectivity index (χ2n) is 5.15. The second-order valence-corrected chi connectivity index (χ2v) is 5.15. The molecule has 118 valence electrons. The number of methoxy groups -OCH3 is 1. The van der Waals surface area contributed by atoms with E-state index in [1.165, 1.54) is 0 Å². The Morgan fingerprint density at radius 3 is 2.43 bits per heavy atom. The molecule has 0 saturated carbocycles. The Morgan fingerprint density at radius 2 is 1.65 bits per heavy atom. The van der Waals surface area contributed by atoms with Crippen molar-refractivity contribution >= 4 is 10.9 Å². The van der Waals surface area contributed by atoms with Crippen LogP contribution in [-0.4, -0.2) is 25.3 Å². The van der Waals surface area contributed by atoms with Gasteiger partial charge in [-0.1, -0.05) is 18.2 Å². The van der Waals surface area contributed by atoms with E-state index in [0.29, 0.717) is 13.2 Å². The molecule has 0 aliphatic rings. The first-order chi connectivity index (χ1) is 11.3. The molecule has 0 saturated heterocycles. The number of nitrogens with zero attached hydrogens (tertiary/aromatic N) is 1. The monoisotopic (exact) mass is 309 g/mol. The summed E-state index contributed by atoms with van der Waals surface area (Å²) in [5.74, 6) is 2.42. The highest BCUT2D eigenvalue weighted by Crippen LogP contribution is 2.29. The van der Waals surface area contributed by atoms with E-state index in [4.69, 9.17) is 14.2 Å². The van der Waals surface area contributed by atoms with E-state index >= 15 is 0 Å². The van der Waals surface area contributed by atoms with Crippen molar-refractivity contribution in [3.63, 3.8) is 0 Å². The standard InChI is InChI=1S/C19H19NO3/c1-14-12-19(17-13-16(21-2)8-9-18(17)20-14)23-11-10-22-15-6-4-3-5-7-15/h3-9,12-13H,10-11H2,1-2H3. The quantitative estimate of drug-likeness (QED) is 0.645. The minimum Gasteiger partial charge on any atom is -0.497 e. The Kier molecular flexibility index (Phi) is 4.62. The molecule has 4 heteroatoms. The molecule has 2 aromatic carbocycles. The first-order valence-corrected chi connectivity index (χ1v) is 7.52. The van der Waals surface area contributed by atoms with Gasteiger partial charge >= 0.3 is 0 Å². The number of rotatable bonds is 6. The first-order valence-electron chi connectivity index (χ1n) is 7.52. The van der Waals surface area contributed by atoms with Crippen LogP contribution in [0.4, 0.5) is 0 Å². The molecule has 0 N–H and O–H groups in total. The van der Waals surface area contributed by atoms with Gasteiger partial charge in [-0.15, -0.1) is 0 Å². The third-order valence-electron chi connectivity index (χ3n) is 3.46. The number of hydrogen-bond acceptors (Lipinski definition) is 4. The van der Waals surface area contributed by atoms with Crippen LogP contribution in [0.25, 0.3) is 10.9 Å². The van der Waals surface area contributed by atoms with Crippen molar-refractivity contribution in [1.29, 1.82) is 0 Å². The maximum Gasteiger partial charge on any atom is 0.130 e. The number of pyridine rings is 1. The van der Waals surface area contributed by atoms with Gasteiger partial charge < -0.3 is 14.2 Å². The van der Waals surface area contributed by atoms with Crippen molar-refractivity contribution < 1.29 is 14.2 Å². The van der Waals surface area contributed by atoms with E-state index in [9.17, 15) is 0 Å². The van der Waals surface area contributed by atoms with Gasteiger partial charge in [0.25, 0.3) is 0 Å². The van der Waals surface area contributed by atoms with Gasteiger partial charge in [0.2, 0.25) is 0 Å².